The summed E-state index contributed by atoms with van der Waals surface area (Å²) >= 11 is 1.88. The molecule has 0 aliphatic carbocycles. The summed E-state index contributed by atoms with van der Waals surface area (Å²) < 4.78 is 0.294. The Balaban J connectivity index is 0.00000196. The van der Waals surface area contributed by atoms with E-state index in [-0.39, 0.29) is 24.2 Å². The molecule has 3 nitrogen and oxygen atoms in total. The number of thioether (sulfide) groups is 1. The first-order valence-corrected chi connectivity index (χ1v) is 6.10. The number of carbonyl (C=O) groups excluding carboxylic acids is 1. The van der Waals surface area contributed by atoms with Crippen LogP contribution < -0.4 is 10.6 Å². The minimum Gasteiger partial charge on any atom is -0.355 e. The maximum absolute atomic E-state index is 11.4. The zero-order valence-corrected chi connectivity index (χ0v) is 11.3. The van der Waals surface area contributed by atoms with Gasteiger partial charge in [-0.05, 0) is 0 Å². The topological polar surface area (TPSA) is 41.1 Å². The van der Waals surface area contributed by atoms with E-state index in [0.29, 0.717) is 4.75 Å². The van der Waals surface area contributed by atoms with Crippen LogP contribution in [0.1, 0.15) is 20.8 Å². The monoisotopic (exact) mass is 252 g/mol. The maximum atomic E-state index is 11.4. The van der Waals surface area contributed by atoms with Crippen molar-refractivity contribution in [3.8, 4) is 0 Å². The Morgan fingerprint density at radius 3 is 2.47 bits per heavy atom. The van der Waals surface area contributed by atoms with Crippen molar-refractivity contribution in [2.24, 2.45) is 5.92 Å². The largest absolute Gasteiger partial charge is 0.355 e. The van der Waals surface area contributed by atoms with Crippen LogP contribution >= 0.6 is 24.2 Å². The molecule has 2 N–H and O–H groups in total. The van der Waals surface area contributed by atoms with Crippen molar-refractivity contribution in [1.29, 1.82) is 0 Å². The minimum atomic E-state index is 0. The molecule has 1 fully saturated rings. The lowest BCUT2D eigenvalue weighted by molar-refractivity contribution is -0.126. The van der Waals surface area contributed by atoms with Gasteiger partial charge in [0, 0.05) is 30.1 Å². The van der Waals surface area contributed by atoms with E-state index in [4.69, 9.17) is 0 Å². The van der Waals surface area contributed by atoms with E-state index in [1.165, 1.54) is 0 Å². The molecule has 15 heavy (non-hydrogen) atoms. The van der Waals surface area contributed by atoms with E-state index in [1.54, 1.807) is 0 Å². The van der Waals surface area contributed by atoms with E-state index in [9.17, 15) is 4.79 Å². The Morgan fingerprint density at radius 2 is 2.07 bits per heavy atom. The molecule has 0 aromatic rings. The molecule has 0 unspecified atom stereocenters. The molecule has 0 aromatic heterocycles. The van der Waals surface area contributed by atoms with Crippen molar-refractivity contribution in [3.63, 3.8) is 0 Å². The standard InChI is InChI=1S/C10H20N2OS.ClH/c1-10(2,3)14-5-4-12-9(13)8-6-11-7-8;/h8,11H,4-7H2,1-3H3,(H,12,13);1H. The quantitative estimate of drug-likeness (QED) is 0.741. The highest BCUT2D eigenvalue weighted by Gasteiger charge is 2.24. The van der Waals surface area contributed by atoms with Crippen LogP contribution in [0.25, 0.3) is 0 Å². The van der Waals surface area contributed by atoms with Crippen LogP contribution in [0, 0.1) is 5.92 Å². The molecule has 0 saturated carbocycles. The number of amides is 1. The lowest BCUT2D eigenvalue weighted by Gasteiger charge is -2.26. The van der Waals surface area contributed by atoms with Crippen LogP contribution in [0.3, 0.4) is 0 Å². The summed E-state index contributed by atoms with van der Waals surface area (Å²) in [6.07, 6.45) is 0. The van der Waals surface area contributed by atoms with Crippen molar-refractivity contribution in [2.75, 3.05) is 25.4 Å². The van der Waals surface area contributed by atoms with Gasteiger partial charge in [0.15, 0.2) is 0 Å². The van der Waals surface area contributed by atoms with Crippen molar-refractivity contribution in [1.82, 2.24) is 10.6 Å². The van der Waals surface area contributed by atoms with Crippen LogP contribution in [-0.4, -0.2) is 36.0 Å². The van der Waals surface area contributed by atoms with Gasteiger partial charge in [0.1, 0.15) is 0 Å². The number of carbonyl (C=O) groups is 1. The van der Waals surface area contributed by atoms with Crippen molar-refractivity contribution < 1.29 is 4.79 Å². The van der Waals surface area contributed by atoms with E-state index in [0.717, 1.165) is 25.4 Å². The number of nitrogens with one attached hydrogen (secondary N) is 2. The van der Waals surface area contributed by atoms with Gasteiger partial charge in [-0.3, -0.25) is 4.79 Å². The second kappa shape index (κ2) is 6.61. The fourth-order valence-electron chi connectivity index (χ4n) is 1.15. The van der Waals surface area contributed by atoms with Gasteiger partial charge in [-0.1, -0.05) is 20.8 Å². The van der Waals surface area contributed by atoms with Gasteiger partial charge in [-0.2, -0.15) is 11.8 Å². The van der Waals surface area contributed by atoms with Gasteiger partial charge in [0.05, 0.1) is 5.92 Å². The molecular weight excluding hydrogens is 232 g/mol. The third-order valence-electron chi connectivity index (χ3n) is 2.09. The Labute approximate surface area is 103 Å². The van der Waals surface area contributed by atoms with E-state index in [2.05, 4.69) is 31.4 Å². The lowest BCUT2D eigenvalue weighted by Crippen LogP contribution is -2.51. The van der Waals surface area contributed by atoms with Crippen LogP contribution in [0.5, 0.6) is 0 Å². The van der Waals surface area contributed by atoms with Crippen LogP contribution in [0.2, 0.25) is 0 Å². The number of hydrogen-bond donors (Lipinski definition) is 2. The SMILES string of the molecule is CC(C)(C)SCCNC(=O)C1CNC1.Cl. The molecule has 1 heterocycles. The number of hydrogen-bond acceptors (Lipinski definition) is 3. The fourth-order valence-corrected chi connectivity index (χ4v) is 1.97. The van der Waals surface area contributed by atoms with Crippen molar-refractivity contribution in [3.05, 3.63) is 0 Å². The average molecular weight is 253 g/mol. The molecule has 1 aliphatic rings. The summed E-state index contributed by atoms with van der Waals surface area (Å²) in [7, 11) is 0. The average Bonchev–Trinajstić information content (AvgIpc) is 1.92. The highest BCUT2D eigenvalue weighted by molar-refractivity contribution is 8.00. The second-order valence-electron chi connectivity index (χ2n) is 4.61. The Kier molecular flexibility index (Phi) is 6.64. The lowest BCUT2D eigenvalue weighted by atomic mass is 10.0. The summed E-state index contributed by atoms with van der Waals surface area (Å²) in [5.74, 6) is 1.42. The summed E-state index contributed by atoms with van der Waals surface area (Å²) in [4.78, 5) is 11.4. The number of halogens is 1. The Morgan fingerprint density at radius 1 is 1.47 bits per heavy atom. The van der Waals surface area contributed by atoms with Crippen molar-refractivity contribution >= 4 is 30.1 Å². The second-order valence-corrected chi connectivity index (χ2v) is 6.53. The summed E-state index contributed by atoms with van der Waals surface area (Å²) in [5.41, 5.74) is 0. The van der Waals surface area contributed by atoms with Gasteiger partial charge >= 0.3 is 0 Å². The van der Waals surface area contributed by atoms with E-state index >= 15 is 0 Å². The molecule has 90 valence electrons. The van der Waals surface area contributed by atoms with Crippen LogP contribution in [0.4, 0.5) is 0 Å². The van der Waals surface area contributed by atoms with Gasteiger partial charge in [0.25, 0.3) is 0 Å². The molecule has 0 spiro atoms. The molecule has 0 bridgehead atoms. The molecule has 1 amide bonds. The highest BCUT2D eigenvalue weighted by Crippen LogP contribution is 2.22. The molecular formula is C10H21ClN2OS. The smallest absolute Gasteiger partial charge is 0.225 e. The van der Waals surface area contributed by atoms with Crippen LogP contribution in [-0.2, 0) is 4.79 Å². The Bertz CT molecular complexity index is 202. The summed E-state index contributed by atoms with van der Waals surface area (Å²) in [5, 5.41) is 6.05. The normalized spacial score (nSPS) is 16.5. The third-order valence-corrected chi connectivity index (χ3v) is 3.36. The van der Waals surface area contributed by atoms with Gasteiger partial charge in [-0.25, -0.2) is 0 Å². The molecule has 1 aliphatic heterocycles. The zero-order chi connectivity index (χ0) is 10.6. The third kappa shape index (κ3) is 6.28. The van der Waals surface area contributed by atoms with Crippen molar-refractivity contribution in [2.45, 2.75) is 25.5 Å². The maximum Gasteiger partial charge on any atom is 0.225 e. The first kappa shape index (κ1) is 15.1. The molecule has 0 atom stereocenters. The van der Waals surface area contributed by atoms with Gasteiger partial charge < -0.3 is 10.6 Å². The molecule has 1 saturated heterocycles. The first-order chi connectivity index (χ1) is 6.49. The van der Waals surface area contributed by atoms with Gasteiger partial charge in [0.2, 0.25) is 5.91 Å². The Hall–Kier alpha value is 0.0700. The van der Waals surface area contributed by atoms with Gasteiger partial charge in [-0.15, -0.1) is 12.4 Å². The first-order valence-electron chi connectivity index (χ1n) is 5.11. The minimum absolute atomic E-state index is 0. The van der Waals surface area contributed by atoms with Crippen LogP contribution in [0.15, 0.2) is 0 Å². The fraction of sp³-hybridized carbons (Fsp3) is 0.900. The predicted octanol–water partition coefficient (Wildman–Crippen LogP) is 1.28. The summed E-state index contributed by atoms with van der Waals surface area (Å²) in [6, 6.07) is 0. The summed E-state index contributed by atoms with van der Waals surface area (Å²) in [6.45, 7) is 9.05. The number of rotatable bonds is 4. The van der Waals surface area contributed by atoms with E-state index < -0.39 is 0 Å². The molecule has 5 heteroatoms. The molecule has 0 aromatic carbocycles. The van der Waals surface area contributed by atoms with E-state index in [1.807, 2.05) is 11.8 Å². The molecule has 0 radical (unpaired) electrons. The predicted molar refractivity (Wildman–Crippen MR) is 68.8 cm³/mol. The molecule has 1 rings (SSSR count). The highest BCUT2D eigenvalue weighted by atomic mass is 35.5. The zero-order valence-electron chi connectivity index (χ0n) is 9.63.